The smallest absolute Gasteiger partial charge is 0.253 e. The van der Waals surface area contributed by atoms with Gasteiger partial charge in [-0.1, -0.05) is 35.3 Å². The zero-order chi connectivity index (χ0) is 15.4. The van der Waals surface area contributed by atoms with Crippen LogP contribution in [-0.4, -0.2) is 12.5 Å². The minimum Gasteiger partial charge on any atom is -0.398 e. The van der Waals surface area contributed by atoms with Crippen molar-refractivity contribution >= 4 is 34.8 Å². The highest BCUT2D eigenvalue weighted by Crippen LogP contribution is 2.22. The molecule has 0 saturated heterocycles. The summed E-state index contributed by atoms with van der Waals surface area (Å²) in [7, 11) is 0. The lowest BCUT2D eigenvalue weighted by molar-refractivity contribution is 0.0954. The zero-order valence-electron chi connectivity index (χ0n) is 11.0. The third-order valence-electron chi connectivity index (χ3n) is 2.95. The molecule has 2 aromatic carbocycles. The van der Waals surface area contributed by atoms with E-state index in [0.29, 0.717) is 18.0 Å². The molecular weight excluding hydrogens is 314 g/mol. The number of anilines is 1. The van der Waals surface area contributed by atoms with Crippen molar-refractivity contribution in [2.75, 3.05) is 12.3 Å². The standard InChI is InChI=1S/C15H13Cl2FN2O/c16-10-3-1-9(2-4-10)5-6-20-15(21)11-7-13(18)12(17)8-14(11)19/h1-4,7-8H,5-6,19H2,(H,20,21). The van der Waals surface area contributed by atoms with E-state index in [1.807, 2.05) is 12.1 Å². The van der Waals surface area contributed by atoms with Gasteiger partial charge in [-0.15, -0.1) is 0 Å². The molecule has 1 amide bonds. The maximum absolute atomic E-state index is 13.4. The number of carbonyl (C=O) groups excluding carboxylic acids is 1. The van der Waals surface area contributed by atoms with E-state index in [0.717, 1.165) is 11.6 Å². The van der Waals surface area contributed by atoms with Crippen LogP contribution < -0.4 is 11.1 Å². The Morgan fingerprint density at radius 2 is 1.86 bits per heavy atom. The molecule has 2 rings (SSSR count). The van der Waals surface area contributed by atoms with Gasteiger partial charge in [-0.3, -0.25) is 4.79 Å². The Morgan fingerprint density at radius 1 is 1.19 bits per heavy atom. The first-order valence-corrected chi connectivity index (χ1v) is 7.00. The first kappa shape index (κ1) is 15.6. The van der Waals surface area contributed by atoms with E-state index in [2.05, 4.69) is 5.32 Å². The predicted octanol–water partition coefficient (Wildman–Crippen LogP) is 3.69. The van der Waals surface area contributed by atoms with Gasteiger partial charge in [-0.25, -0.2) is 4.39 Å². The van der Waals surface area contributed by atoms with Crippen LogP contribution in [0.15, 0.2) is 36.4 Å². The molecule has 110 valence electrons. The number of rotatable bonds is 4. The quantitative estimate of drug-likeness (QED) is 0.842. The molecule has 0 aliphatic heterocycles. The summed E-state index contributed by atoms with van der Waals surface area (Å²) in [6.45, 7) is 0.407. The average Bonchev–Trinajstić information content (AvgIpc) is 2.45. The van der Waals surface area contributed by atoms with Crippen LogP contribution in [0.25, 0.3) is 0 Å². The molecule has 0 unspecified atom stereocenters. The van der Waals surface area contributed by atoms with Crippen molar-refractivity contribution in [3.05, 3.63) is 63.4 Å². The topological polar surface area (TPSA) is 55.1 Å². The Balaban J connectivity index is 1.96. The van der Waals surface area contributed by atoms with Gasteiger partial charge in [0.05, 0.1) is 10.6 Å². The molecule has 0 bridgehead atoms. The van der Waals surface area contributed by atoms with Gasteiger partial charge in [0.15, 0.2) is 0 Å². The highest BCUT2D eigenvalue weighted by molar-refractivity contribution is 6.31. The lowest BCUT2D eigenvalue weighted by Crippen LogP contribution is -2.26. The molecule has 0 fully saturated rings. The second-order valence-corrected chi connectivity index (χ2v) is 5.33. The van der Waals surface area contributed by atoms with Gasteiger partial charge in [-0.05, 0) is 36.2 Å². The fourth-order valence-electron chi connectivity index (χ4n) is 1.83. The van der Waals surface area contributed by atoms with Gasteiger partial charge in [0.25, 0.3) is 5.91 Å². The lowest BCUT2D eigenvalue weighted by Gasteiger charge is -2.08. The molecule has 2 aromatic rings. The summed E-state index contributed by atoms with van der Waals surface area (Å²) in [6, 6.07) is 9.59. The Morgan fingerprint density at radius 3 is 2.52 bits per heavy atom. The van der Waals surface area contributed by atoms with E-state index in [1.54, 1.807) is 12.1 Å². The molecule has 0 radical (unpaired) electrons. The number of nitrogens with one attached hydrogen (secondary N) is 1. The van der Waals surface area contributed by atoms with Crippen molar-refractivity contribution in [2.24, 2.45) is 0 Å². The van der Waals surface area contributed by atoms with Crippen LogP contribution in [0.2, 0.25) is 10.0 Å². The summed E-state index contributed by atoms with van der Waals surface area (Å²) in [5.74, 6) is -1.11. The van der Waals surface area contributed by atoms with Gasteiger partial charge < -0.3 is 11.1 Å². The van der Waals surface area contributed by atoms with Crippen LogP contribution in [0, 0.1) is 5.82 Å². The summed E-state index contributed by atoms with van der Waals surface area (Å²) in [5, 5.41) is 3.24. The number of benzene rings is 2. The second-order valence-electron chi connectivity index (χ2n) is 4.49. The van der Waals surface area contributed by atoms with E-state index < -0.39 is 11.7 Å². The molecule has 0 atom stereocenters. The number of amides is 1. The average molecular weight is 327 g/mol. The monoisotopic (exact) mass is 326 g/mol. The fraction of sp³-hybridized carbons (Fsp3) is 0.133. The Hall–Kier alpha value is -1.78. The summed E-state index contributed by atoms with van der Waals surface area (Å²) >= 11 is 11.4. The van der Waals surface area contributed by atoms with Crippen LogP contribution in [-0.2, 0) is 6.42 Å². The summed E-state index contributed by atoms with van der Waals surface area (Å²) in [5.41, 5.74) is 6.92. The van der Waals surface area contributed by atoms with E-state index >= 15 is 0 Å². The SMILES string of the molecule is Nc1cc(Cl)c(F)cc1C(=O)NCCc1ccc(Cl)cc1. The van der Waals surface area contributed by atoms with Gasteiger partial charge in [0.2, 0.25) is 0 Å². The number of carbonyl (C=O) groups is 1. The largest absolute Gasteiger partial charge is 0.398 e. The molecule has 3 N–H and O–H groups in total. The van der Waals surface area contributed by atoms with E-state index in [1.165, 1.54) is 6.07 Å². The number of hydrogen-bond acceptors (Lipinski definition) is 2. The van der Waals surface area contributed by atoms with Crippen molar-refractivity contribution in [1.29, 1.82) is 0 Å². The van der Waals surface area contributed by atoms with Crippen molar-refractivity contribution in [2.45, 2.75) is 6.42 Å². The summed E-state index contributed by atoms with van der Waals surface area (Å²) in [4.78, 5) is 12.0. The van der Waals surface area contributed by atoms with E-state index in [4.69, 9.17) is 28.9 Å². The maximum Gasteiger partial charge on any atom is 0.253 e. The molecule has 0 saturated carbocycles. The lowest BCUT2D eigenvalue weighted by atomic mass is 10.1. The Kier molecular flexibility index (Phi) is 5.04. The van der Waals surface area contributed by atoms with Crippen LogP contribution in [0.3, 0.4) is 0 Å². The van der Waals surface area contributed by atoms with Gasteiger partial charge in [0.1, 0.15) is 5.82 Å². The van der Waals surface area contributed by atoms with Crippen molar-refractivity contribution < 1.29 is 9.18 Å². The van der Waals surface area contributed by atoms with Crippen LogP contribution in [0.5, 0.6) is 0 Å². The molecule has 0 aromatic heterocycles. The summed E-state index contributed by atoms with van der Waals surface area (Å²) < 4.78 is 13.4. The van der Waals surface area contributed by atoms with Crippen LogP contribution in [0.4, 0.5) is 10.1 Å². The fourth-order valence-corrected chi connectivity index (χ4v) is 2.12. The first-order valence-electron chi connectivity index (χ1n) is 6.24. The van der Waals surface area contributed by atoms with Crippen molar-refractivity contribution in [3.63, 3.8) is 0 Å². The van der Waals surface area contributed by atoms with Crippen molar-refractivity contribution in [1.82, 2.24) is 5.32 Å². The number of halogens is 3. The third-order valence-corrected chi connectivity index (χ3v) is 3.49. The molecule has 0 heterocycles. The number of hydrogen-bond donors (Lipinski definition) is 2. The molecule has 0 aliphatic carbocycles. The van der Waals surface area contributed by atoms with Gasteiger partial charge >= 0.3 is 0 Å². The van der Waals surface area contributed by atoms with Crippen LogP contribution in [0.1, 0.15) is 15.9 Å². The second kappa shape index (κ2) is 6.78. The van der Waals surface area contributed by atoms with Gasteiger partial charge in [-0.2, -0.15) is 0 Å². The highest BCUT2D eigenvalue weighted by Gasteiger charge is 2.13. The maximum atomic E-state index is 13.4. The number of nitrogen functional groups attached to an aromatic ring is 1. The minimum absolute atomic E-state index is 0.0769. The normalized spacial score (nSPS) is 10.4. The predicted molar refractivity (Wildman–Crippen MR) is 83.3 cm³/mol. The highest BCUT2D eigenvalue weighted by atomic mass is 35.5. The molecule has 21 heavy (non-hydrogen) atoms. The Labute approximate surface area is 131 Å². The van der Waals surface area contributed by atoms with Crippen LogP contribution >= 0.6 is 23.2 Å². The summed E-state index contributed by atoms with van der Waals surface area (Å²) in [6.07, 6.45) is 0.638. The third kappa shape index (κ3) is 4.09. The van der Waals surface area contributed by atoms with E-state index in [9.17, 15) is 9.18 Å². The minimum atomic E-state index is -0.672. The molecule has 0 spiro atoms. The van der Waals surface area contributed by atoms with Crippen molar-refractivity contribution in [3.8, 4) is 0 Å². The molecular formula is C15H13Cl2FN2O. The van der Waals surface area contributed by atoms with Gasteiger partial charge in [0, 0.05) is 17.3 Å². The van der Waals surface area contributed by atoms with E-state index in [-0.39, 0.29) is 16.3 Å². The Bertz CT molecular complexity index is 659. The molecule has 6 heteroatoms. The zero-order valence-corrected chi connectivity index (χ0v) is 12.5. The number of nitrogens with two attached hydrogens (primary N) is 1. The first-order chi connectivity index (χ1) is 9.97. The molecule has 0 aliphatic rings. The molecule has 3 nitrogen and oxygen atoms in total.